The normalized spacial score (nSPS) is 22.8. The molecule has 1 aliphatic carbocycles. The van der Waals surface area contributed by atoms with Crippen molar-refractivity contribution in [1.29, 1.82) is 0 Å². The summed E-state index contributed by atoms with van der Waals surface area (Å²) >= 11 is 0. The van der Waals surface area contributed by atoms with Crippen LogP contribution in [-0.4, -0.2) is 30.2 Å². The lowest BCUT2D eigenvalue weighted by atomic mass is 10.2. The quantitative estimate of drug-likeness (QED) is 0.665. The molecule has 0 fully saturated rings. The molecule has 0 heterocycles. The average molecular weight is 168 g/mol. The molecule has 66 valence electrons. The van der Waals surface area contributed by atoms with Crippen LogP contribution in [0.25, 0.3) is 0 Å². The van der Waals surface area contributed by atoms with Crippen LogP contribution in [-0.2, 0) is 9.53 Å². The first-order chi connectivity index (χ1) is 5.84. The molecule has 1 rings (SSSR count). The van der Waals surface area contributed by atoms with Gasteiger partial charge in [0, 0.05) is 0 Å². The Morgan fingerprint density at radius 2 is 2.42 bits per heavy atom. The van der Waals surface area contributed by atoms with Crippen LogP contribution in [0.2, 0.25) is 0 Å². The molecule has 0 aromatic heterocycles. The first kappa shape index (κ1) is 9.16. The SMILES string of the molecule is O=C1C=CC=CC[C@@H]1OCCO. The van der Waals surface area contributed by atoms with Gasteiger partial charge in [0.2, 0.25) is 0 Å². The molecule has 1 atom stereocenters. The van der Waals surface area contributed by atoms with Gasteiger partial charge in [0.05, 0.1) is 13.2 Å². The Bertz CT molecular complexity index is 206. The molecule has 1 N–H and O–H groups in total. The second-order valence-electron chi connectivity index (χ2n) is 2.51. The van der Waals surface area contributed by atoms with E-state index >= 15 is 0 Å². The maximum absolute atomic E-state index is 11.2. The van der Waals surface area contributed by atoms with Gasteiger partial charge in [-0.3, -0.25) is 4.79 Å². The molecule has 0 aliphatic heterocycles. The molecule has 12 heavy (non-hydrogen) atoms. The number of hydrogen-bond acceptors (Lipinski definition) is 3. The average Bonchev–Trinajstić information content (AvgIpc) is 2.27. The smallest absolute Gasteiger partial charge is 0.184 e. The molecule has 0 saturated carbocycles. The summed E-state index contributed by atoms with van der Waals surface area (Å²) in [5.41, 5.74) is 0. The molecule has 1 aliphatic rings. The molecule has 0 unspecified atom stereocenters. The first-order valence-corrected chi connectivity index (χ1v) is 3.94. The maximum Gasteiger partial charge on any atom is 0.184 e. The summed E-state index contributed by atoms with van der Waals surface area (Å²) in [6, 6.07) is 0. The minimum absolute atomic E-state index is 0.0338. The van der Waals surface area contributed by atoms with E-state index in [0.29, 0.717) is 6.42 Å². The molecule has 0 bridgehead atoms. The Morgan fingerprint density at radius 3 is 3.17 bits per heavy atom. The van der Waals surface area contributed by atoms with Crippen LogP contribution in [0.3, 0.4) is 0 Å². The van der Waals surface area contributed by atoms with Crippen molar-refractivity contribution < 1.29 is 14.6 Å². The first-order valence-electron chi connectivity index (χ1n) is 3.94. The number of ether oxygens (including phenoxy) is 1. The van der Waals surface area contributed by atoms with Crippen LogP contribution in [0, 0.1) is 0 Å². The largest absolute Gasteiger partial charge is 0.394 e. The second-order valence-corrected chi connectivity index (χ2v) is 2.51. The Labute approximate surface area is 71.3 Å². The van der Waals surface area contributed by atoms with E-state index in [2.05, 4.69) is 0 Å². The van der Waals surface area contributed by atoms with Gasteiger partial charge in [0.25, 0.3) is 0 Å². The van der Waals surface area contributed by atoms with Gasteiger partial charge in [-0.15, -0.1) is 0 Å². The zero-order valence-electron chi connectivity index (χ0n) is 6.77. The van der Waals surface area contributed by atoms with Gasteiger partial charge in [-0.05, 0) is 12.5 Å². The van der Waals surface area contributed by atoms with E-state index in [9.17, 15) is 4.79 Å². The fraction of sp³-hybridized carbons (Fsp3) is 0.444. The van der Waals surface area contributed by atoms with Gasteiger partial charge in [-0.2, -0.15) is 0 Å². The van der Waals surface area contributed by atoms with E-state index in [1.807, 2.05) is 12.2 Å². The lowest BCUT2D eigenvalue weighted by Gasteiger charge is -2.10. The summed E-state index contributed by atoms with van der Waals surface area (Å²) in [5, 5.41) is 8.48. The number of hydrogen-bond donors (Lipinski definition) is 1. The van der Waals surface area contributed by atoms with Gasteiger partial charge < -0.3 is 9.84 Å². The highest BCUT2D eigenvalue weighted by atomic mass is 16.5. The standard InChI is InChI=1S/C9H12O3/c10-6-7-12-9-5-3-1-2-4-8(9)11/h1-4,9-10H,5-7H2/t9-/m0/s1. The number of allylic oxidation sites excluding steroid dienone is 2. The second kappa shape index (κ2) is 4.85. The van der Waals surface area contributed by atoms with E-state index < -0.39 is 6.10 Å². The summed E-state index contributed by atoms with van der Waals surface area (Å²) in [7, 11) is 0. The number of rotatable bonds is 3. The van der Waals surface area contributed by atoms with Crippen molar-refractivity contribution in [2.75, 3.05) is 13.2 Å². The van der Waals surface area contributed by atoms with Crippen LogP contribution in [0.5, 0.6) is 0 Å². The topological polar surface area (TPSA) is 46.5 Å². The number of aliphatic hydroxyl groups excluding tert-OH is 1. The monoisotopic (exact) mass is 168 g/mol. The van der Waals surface area contributed by atoms with Crippen LogP contribution < -0.4 is 0 Å². The predicted molar refractivity (Wildman–Crippen MR) is 44.7 cm³/mol. The van der Waals surface area contributed by atoms with Crippen LogP contribution >= 0.6 is 0 Å². The van der Waals surface area contributed by atoms with Gasteiger partial charge >= 0.3 is 0 Å². The number of ketones is 1. The molecular formula is C9H12O3. The Morgan fingerprint density at radius 1 is 1.58 bits per heavy atom. The Hall–Kier alpha value is -0.930. The Kier molecular flexibility index (Phi) is 3.70. The Balaban J connectivity index is 2.45. The maximum atomic E-state index is 11.2. The minimum atomic E-state index is -0.410. The predicted octanol–water partition coefficient (Wildman–Crippen LogP) is 0.449. The number of carbonyl (C=O) groups is 1. The molecule has 3 nitrogen and oxygen atoms in total. The van der Waals surface area contributed by atoms with Crippen molar-refractivity contribution in [2.45, 2.75) is 12.5 Å². The molecule has 3 heteroatoms. The number of carbonyl (C=O) groups excluding carboxylic acids is 1. The van der Waals surface area contributed by atoms with Crippen molar-refractivity contribution in [3.63, 3.8) is 0 Å². The van der Waals surface area contributed by atoms with Gasteiger partial charge in [0.15, 0.2) is 5.78 Å². The van der Waals surface area contributed by atoms with Crippen molar-refractivity contribution in [3.8, 4) is 0 Å². The summed E-state index contributed by atoms with van der Waals surface area (Å²) in [4.78, 5) is 11.2. The number of aliphatic hydroxyl groups is 1. The molecule has 0 amide bonds. The third-order valence-corrected chi connectivity index (χ3v) is 1.59. The van der Waals surface area contributed by atoms with Gasteiger partial charge in [-0.1, -0.05) is 18.2 Å². The molecule has 0 radical (unpaired) electrons. The van der Waals surface area contributed by atoms with E-state index in [0.717, 1.165) is 0 Å². The highest BCUT2D eigenvalue weighted by Gasteiger charge is 2.15. The summed E-state index contributed by atoms with van der Waals surface area (Å²) in [6.45, 7) is 0.176. The lowest BCUT2D eigenvalue weighted by Crippen LogP contribution is -2.22. The molecule has 0 spiro atoms. The fourth-order valence-electron chi connectivity index (χ4n) is 1.000. The van der Waals surface area contributed by atoms with Crippen molar-refractivity contribution >= 4 is 5.78 Å². The summed E-state index contributed by atoms with van der Waals surface area (Å²) in [5.74, 6) is -0.0338. The highest BCUT2D eigenvalue weighted by molar-refractivity contribution is 5.94. The summed E-state index contributed by atoms with van der Waals surface area (Å²) < 4.78 is 5.12. The molecular weight excluding hydrogens is 156 g/mol. The third kappa shape index (κ3) is 2.60. The molecule has 0 aromatic rings. The van der Waals surface area contributed by atoms with Gasteiger partial charge in [-0.25, -0.2) is 0 Å². The van der Waals surface area contributed by atoms with Crippen molar-refractivity contribution in [2.24, 2.45) is 0 Å². The summed E-state index contributed by atoms with van der Waals surface area (Å²) in [6.07, 6.45) is 7.07. The third-order valence-electron chi connectivity index (χ3n) is 1.59. The van der Waals surface area contributed by atoms with E-state index in [1.165, 1.54) is 6.08 Å². The van der Waals surface area contributed by atoms with Crippen LogP contribution in [0.15, 0.2) is 24.3 Å². The zero-order valence-corrected chi connectivity index (χ0v) is 6.77. The van der Waals surface area contributed by atoms with E-state index in [4.69, 9.17) is 9.84 Å². The lowest BCUT2D eigenvalue weighted by molar-refractivity contribution is -0.125. The zero-order chi connectivity index (χ0) is 8.81. The van der Waals surface area contributed by atoms with Crippen LogP contribution in [0.4, 0.5) is 0 Å². The van der Waals surface area contributed by atoms with Crippen molar-refractivity contribution in [3.05, 3.63) is 24.3 Å². The molecule has 0 saturated heterocycles. The minimum Gasteiger partial charge on any atom is -0.394 e. The van der Waals surface area contributed by atoms with Crippen molar-refractivity contribution in [1.82, 2.24) is 0 Å². The van der Waals surface area contributed by atoms with Crippen LogP contribution in [0.1, 0.15) is 6.42 Å². The van der Waals surface area contributed by atoms with E-state index in [-0.39, 0.29) is 19.0 Å². The molecule has 0 aromatic carbocycles. The highest BCUT2D eigenvalue weighted by Crippen LogP contribution is 2.06. The fourth-order valence-corrected chi connectivity index (χ4v) is 1.000. The van der Waals surface area contributed by atoms with Gasteiger partial charge in [0.1, 0.15) is 6.10 Å². The van der Waals surface area contributed by atoms with E-state index in [1.54, 1.807) is 6.08 Å².